The second-order valence-electron chi connectivity index (χ2n) is 4.32. The molecule has 0 spiro atoms. The van der Waals surface area contributed by atoms with Crippen molar-refractivity contribution in [2.45, 2.75) is 6.42 Å². The molecular formula is C16H19NO2. The lowest BCUT2D eigenvalue weighted by molar-refractivity contribution is 0.354. The van der Waals surface area contributed by atoms with Gasteiger partial charge >= 0.3 is 0 Å². The van der Waals surface area contributed by atoms with Crippen LogP contribution in [0.3, 0.4) is 0 Å². The smallest absolute Gasteiger partial charge is 0.160 e. The highest BCUT2D eigenvalue weighted by Gasteiger charge is 2.05. The zero-order chi connectivity index (χ0) is 13.7. The summed E-state index contributed by atoms with van der Waals surface area (Å²) in [4.78, 5) is 0. The molecule has 0 aliphatic rings. The molecule has 2 rings (SSSR count). The zero-order valence-electron chi connectivity index (χ0n) is 11.6. The minimum Gasteiger partial charge on any atom is -0.493 e. The SMILES string of the molecule is CNc1cccc(Cc2ccc(OC)c(OC)c2)c1. The highest BCUT2D eigenvalue weighted by molar-refractivity contribution is 5.48. The minimum atomic E-state index is 0.759. The Morgan fingerprint density at radius 3 is 2.32 bits per heavy atom. The van der Waals surface area contributed by atoms with Crippen LogP contribution in [0.15, 0.2) is 42.5 Å². The van der Waals surface area contributed by atoms with Crippen molar-refractivity contribution in [2.24, 2.45) is 0 Å². The van der Waals surface area contributed by atoms with E-state index >= 15 is 0 Å². The molecule has 0 fully saturated rings. The highest BCUT2D eigenvalue weighted by Crippen LogP contribution is 2.28. The summed E-state index contributed by atoms with van der Waals surface area (Å²) in [5, 5.41) is 3.15. The molecule has 0 unspecified atom stereocenters. The molecule has 19 heavy (non-hydrogen) atoms. The number of hydrogen-bond acceptors (Lipinski definition) is 3. The van der Waals surface area contributed by atoms with Crippen molar-refractivity contribution < 1.29 is 9.47 Å². The average molecular weight is 257 g/mol. The van der Waals surface area contributed by atoms with Crippen LogP contribution in [0, 0.1) is 0 Å². The van der Waals surface area contributed by atoms with E-state index in [0.29, 0.717) is 0 Å². The summed E-state index contributed by atoms with van der Waals surface area (Å²) in [6, 6.07) is 14.4. The van der Waals surface area contributed by atoms with Gasteiger partial charge in [-0.1, -0.05) is 18.2 Å². The van der Waals surface area contributed by atoms with E-state index in [1.165, 1.54) is 11.1 Å². The number of nitrogens with one attached hydrogen (secondary N) is 1. The molecule has 100 valence electrons. The third-order valence-electron chi connectivity index (χ3n) is 3.07. The Balaban J connectivity index is 2.22. The molecule has 0 amide bonds. The number of benzene rings is 2. The third kappa shape index (κ3) is 3.19. The van der Waals surface area contributed by atoms with Gasteiger partial charge in [-0.05, 0) is 41.8 Å². The maximum absolute atomic E-state index is 5.32. The lowest BCUT2D eigenvalue weighted by Crippen LogP contribution is -1.95. The Hall–Kier alpha value is -2.16. The van der Waals surface area contributed by atoms with E-state index in [-0.39, 0.29) is 0 Å². The molecule has 0 aliphatic heterocycles. The van der Waals surface area contributed by atoms with Crippen LogP contribution >= 0.6 is 0 Å². The van der Waals surface area contributed by atoms with Crippen molar-refractivity contribution in [3.05, 3.63) is 53.6 Å². The van der Waals surface area contributed by atoms with Gasteiger partial charge < -0.3 is 14.8 Å². The summed E-state index contributed by atoms with van der Waals surface area (Å²) in [5.41, 5.74) is 3.59. The summed E-state index contributed by atoms with van der Waals surface area (Å²) in [7, 11) is 5.23. The topological polar surface area (TPSA) is 30.5 Å². The Bertz CT molecular complexity index is 552. The maximum atomic E-state index is 5.32. The molecule has 0 heterocycles. The van der Waals surface area contributed by atoms with Gasteiger partial charge in [-0.3, -0.25) is 0 Å². The number of ether oxygens (including phenoxy) is 2. The molecule has 3 nitrogen and oxygen atoms in total. The fourth-order valence-corrected chi connectivity index (χ4v) is 2.06. The second-order valence-corrected chi connectivity index (χ2v) is 4.32. The largest absolute Gasteiger partial charge is 0.493 e. The van der Waals surface area contributed by atoms with E-state index in [4.69, 9.17) is 9.47 Å². The molecule has 0 atom stereocenters. The Morgan fingerprint density at radius 1 is 0.895 bits per heavy atom. The van der Waals surface area contributed by atoms with Gasteiger partial charge in [0, 0.05) is 12.7 Å². The van der Waals surface area contributed by atoms with Gasteiger partial charge in [-0.15, -0.1) is 0 Å². The van der Waals surface area contributed by atoms with E-state index in [1.54, 1.807) is 14.2 Å². The van der Waals surface area contributed by atoms with E-state index in [2.05, 4.69) is 35.6 Å². The van der Waals surface area contributed by atoms with Crippen LogP contribution in [-0.2, 0) is 6.42 Å². The lowest BCUT2D eigenvalue weighted by Gasteiger charge is -2.10. The summed E-state index contributed by atoms with van der Waals surface area (Å²) >= 11 is 0. The van der Waals surface area contributed by atoms with E-state index in [0.717, 1.165) is 23.6 Å². The zero-order valence-corrected chi connectivity index (χ0v) is 11.6. The number of rotatable bonds is 5. The van der Waals surface area contributed by atoms with Crippen LogP contribution in [0.1, 0.15) is 11.1 Å². The van der Waals surface area contributed by atoms with Crippen LogP contribution in [0.4, 0.5) is 5.69 Å². The highest BCUT2D eigenvalue weighted by atomic mass is 16.5. The quantitative estimate of drug-likeness (QED) is 0.891. The fourth-order valence-electron chi connectivity index (χ4n) is 2.06. The molecule has 2 aromatic rings. The van der Waals surface area contributed by atoms with Crippen LogP contribution in [0.25, 0.3) is 0 Å². The molecule has 0 radical (unpaired) electrons. The maximum Gasteiger partial charge on any atom is 0.160 e. The monoisotopic (exact) mass is 257 g/mol. The van der Waals surface area contributed by atoms with Gasteiger partial charge in [0.2, 0.25) is 0 Å². The van der Waals surface area contributed by atoms with Gasteiger partial charge in [0.25, 0.3) is 0 Å². The molecule has 0 saturated heterocycles. The molecule has 0 saturated carbocycles. The Morgan fingerprint density at radius 2 is 1.63 bits per heavy atom. The molecule has 0 aliphatic carbocycles. The summed E-state index contributed by atoms with van der Waals surface area (Å²) < 4.78 is 10.6. The van der Waals surface area contributed by atoms with Crippen LogP contribution in [0.5, 0.6) is 11.5 Å². The Labute approximate surface area is 114 Å². The van der Waals surface area contributed by atoms with Crippen LogP contribution in [0.2, 0.25) is 0 Å². The van der Waals surface area contributed by atoms with Gasteiger partial charge in [0.05, 0.1) is 14.2 Å². The first kappa shape index (κ1) is 13.3. The number of hydrogen-bond donors (Lipinski definition) is 1. The summed E-state index contributed by atoms with van der Waals surface area (Å²) in [5.74, 6) is 1.53. The molecular weight excluding hydrogens is 238 g/mol. The first-order valence-electron chi connectivity index (χ1n) is 6.24. The van der Waals surface area contributed by atoms with Crippen molar-refractivity contribution in [1.82, 2.24) is 0 Å². The number of anilines is 1. The van der Waals surface area contributed by atoms with Crippen LogP contribution in [-0.4, -0.2) is 21.3 Å². The van der Waals surface area contributed by atoms with Crippen molar-refractivity contribution in [3.63, 3.8) is 0 Å². The first-order valence-corrected chi connectivity index (χ1v) is 6.24. The minimum absolute atomic E-state index is 0.759. The third-order valence-corrected chi connectivity index (χ3v) is 3.07. The lowest BCUT2D eigenvalue weighted by atomic mass is 10.0. The van der Waals surface area contributed by atoms with Gasteiger partial charge in [-0.2, -0.15) is 0 Å². The normalized spacial score (nSPS) is 10.1. The molecule has 0 aromatic heterocycles. The molecule has 0 bridgehead atoms. The van der Waals surface area contributed by atoms with E-state index in [1.807, 2.05) is 19.2 Å². The molecule has 2 aromatic carbocycles. The van der Waals surface area contributed by atoms with Crippen molar-refractivity contribution >= 4 is 5.69 Å². The second kappa shape index (κ2) is 6.14. The van der Waals surface area contributed by atoms with Crippen molar-refractivity contribution in [2.75, 3.05) is 26.6 Å². The summed E-state index contributed by atoms with van der Waals surface area (Å²) in [6.45, 7) is 0. The van der Waals surface area contributed by atoms with E-state index in [9.17, 15) is 0 Å². The molecule has 3 heteroatoms. The fraction of sp³-hybridized carbons (Fsp3) is 0.250. The predicted molar refractivity (Wildman–Crippen MR) is 78.3 cm³/mol. The number of methoxy groups -OCH3 is 2. The van der Waals surface area contributed by atoms with Gasteiger partial charge in [0.1, 0.15) is 0 Å². The predicted octanol–water partition coefficient (Wildman–Crippen LogP) is 3.34. The Kier molecular flexibility index (Phi) is 4.29. The van der Waals surface area contributed by atoms with E-state index < -0.39 is 0 Å². The van der Waals surface area contributed by atoms with Crippen LogP contribution < -0.4 is 14.8 Å². The van der Waals surface area contributed by atoms with Crippen molar-refractivity contribution in [3.8, 4) is 11.5 Å². The van der Waals surface area contributed by atoms with Crippen molar-refractivity contribution in [1.29, 1.82) is 0 Å². The average Bonchev–Trinajstić information content (AvgIpc) is 2.47. The van der Waals surface area contributed by atoms with Gasteiger partial charge in [-0.25, -0.2) is 0 Å². The first-order chi connectivity index (χ1) is 9.26. The standard InChI is InChI=1S/C16H19NO2/c1-17-14-6-4-5-12(10-14)9-13-7-8-15(18-2)16(11-13)19-3/h4-8,10-11,17H,9H2,1-3H3. The summed E-state index contributed by atoms with van der Waals surface area (Å²) in [6.07, 6.45) is 0.871. The van der Waals surface area contributed by atoms with Gasteiger partial charge in [0.15, 0.2) is 11.5 Å². The molecule has 1 N–H and O–H groups in total.